The summed E-state index contributed by atoms with van der Waals surface area (Å²) in [5, 5.41) is 0. The highest BCUT2D eigenvalue weighted by molar-refractivity contribution is 5.38. The highest BCUT2D eigenvalue weighted by Gasteiger charge is 2.13. The van der Waals surface area contributed by atoms with Crippen molar-refractivity contribution in [3.8, 4) is 0 Å². The van der Waals surface area contributed by atoms with Crippen molar-refractivity contribution >= 4 is 0 Å². The minimum atomic E-state index is 0.167. The van der Waals surface area contributed by atoms with Crippen LogP contribution in [0.1, 0.15) is 41.6 Å². The number of nitrogens with two attached hydrogens (primary N) is 1. The van der Waals surface area contributed by atoms with Gasteiger partial charge in [-0.05, 0) is 56.4 Å². The smallest absolute Gasteiger partial charge is 0.0484 e. The number of rotatable bonds is 6. The molecule has 17 heavy (non-hydrogen) atoms. The molecule has 0 aliphatic rings. The minimum Gasteiger partial charge on any atom is -0.382 e. The van der Waals surface area contributed by atoms with Gasteiger partial charge in [-0.2, -0.15) is 0 Å². The van der Waals surface area contributed by atoms with E-state index in [1.807, 2.05) is 6.92 Å². The average molecular weight is 236 g/mol. The SMILES string of the molecule is CCOCCC(NN)c1cc(C)c(C)cc1C. The molecule has 0 saturated carbocycles. The van der Waals surface area contributed by atoms with Crippen LogP contribution < -0.4 is 11.3 Å². The molecule has 0 heterocycles. The van der Waals surface area contributed by atoms with Crippen molar-refractivity contribution in [2.75, 3.05) is 13.2 Å². The van der Waals surface area contributed by atoms with Gasteiger partial charge in [-0.25, -0.2) is 0 Å². The molecular weight excluding hydrogens is 212 g/mol. The second kappa shape index (κ2) is 6.74. The van der Waals surface area contributed by atoms with Crippen molar-refractivity contribution in [1.29, 1.82) is 0 Å². The number of hydrogen-bond acceptors (Lipinski definition) is 3. The van der Waals surface area contributed by atoms with Crippen LogP contribution in [0.5, 0.6) is 0 Å². The van der Waals surface area contributed by atoms with E-state index in [1.165, 1.54) is 22.3 Å². The first kappa shape index (κ1) is 14.2. The Morgan fingerprint density at radius 1 is 1.18 bits per heavy atom. The van der Waals surface area contributed by atoms with E-state index in [0.717, 1.165) is 19.6 Å². The number of aryl methyl sites for hydroxylation is 3. The number of nitrogens with one attached hydrogen (secondary N) is 1. The van der Waals surface area contributed by atoms with Crippen LogP contribution in [0.2, 0.25) is 0 Å². The van der Waals surface area contributed by atoms with Gasteiger partial charge in [0.05, 0.1) is 0 Å². The van der Waals surface area contributed by atoms with Crippen LogP contribution in [0.3, 0.4) is 0 Å². The first-order valence-corrected chi connectivity index (χ1v) is 6.21. The minimum absolute atomic E-state index is 0.167. The van der Waals surface area contributed by atoms with Crippen LogP contribution in [-0.4, -0.2) is 13.2 Å². The third-order valence-electron chi connectivity index (χ3n) is 3.21. The molecule has 0 aliphatic carbocycles. The second-order valence-corrected chi connectivity index (χ2v) is 4.50. The molecule has 96 valence electrons. The van der Waals surface area contributed by atoms with Gasteiger partial charge in [-0.15, -0.1) is 0 Å². The highest BCUT2D eigenvalue weighted by atomic mass is 16.5. The van der Waals surface area contributed by atoms with Crippen molar-refractivity contribution in [3.05, 3.63) is 34.4 Å². The standard InChI is InChI=1S/C14H24N2O/c1-5-17-7-6-14(16-15)13-9-11(3)10(2)8-12(13)4/h8-9,14,16H,5-7,15H2,1-4H3. The van der Waals surface area contributed by atoms with Crippen molar-refractivity contribution < 1.29 is 4.74 Å². The van der Waals surface area contributed by atoms with Crippen LogP contribution in [0.15, 0.2) is 12.1 Å². The van der Waals surface area contributed by atoms with Crippen LogP contribution in [-0.2, 0) is 4.74 Å². The fourth-order valence-electron chi connectivity index (χ4n) is 2.03. The molecule has 0 aromatic heterocycles. The summed E-state index contributed by atoms with van der Waals surface area (Å²) in [6.45, 7) is 9.89. The zero-order chi connectivity index (χ0) is 12.8. The molecule has 1 atom stereocenters. The van der Waals surface area contributed by atoms with E-state index < -0.39 is 0 Å². The lowest BCUT2D eigenvalue weighted by atomic mass is 9.94. The molecule has 0 radical (unpaired) electrons. The van der Waals surface area contributed by atoms with Gasteiger partial charge in [-0.3, -0.25) is 11.3 Å². The Balaban J connectivity index is 2.84. The molecule has 0 saturated heterocycles. The molecule has 0 aliphatic heterocycles. The Bertz CT molecular complexity index is 363. The molecule has 0 bridgehead atoms. The van der Waals surface area contributed by atoms with E-state index >= 15 is 0 Å². The third kappa shape index (κ3) is 3.80. The predicted molar refractivity (Wildman–Crippen MR) is 71.8 cm³/mol. The van der Waals surface area contributed by atoms with Crippen LogP contribution in [0.25, 0.3) is 0 Å². The molecular formula is C14H24N2O. The highest BCUT2D eigenvalue weighted by Crippen LogP contribution is 2.23. The van der Waals surface area contributed by atoms with E-state index in [-0.39, 0.29) is 6.04 Å². The average Bonchev–Trinajstić information content (AvgIpc) is 2.30. The zero-order valence-electron chi connectivity index (χ0n) is 11.3. The van der Waals surface area contributed by atoms with Crippen molar-refractivity contribution in [3.63, 3.8) is 0 Å². The maximum atomic E-state index is 5.64. The summed E-state index contributed by atoms with van der Waals surface area (Å²) in [6.07, 6.45) is 0.897. The van der Waals surface area contributed by atoms with Crippen molar-refractivity contribution in [2.24, 2.45) is 5.84 Å². The lowest BCUT2D eigenvalue weighted by Gasteiger charge is -2.20. The lowest BCUT2D eigenvalue weighted by molar-refractivity contribution is 0.136. The quantitative estimate of drug-likeness (QED) is 0.453. The summed E-state index contributed by atoms with van der Waals surface area (Å²) in [5.74, 6) is 5.64. The topological polar surface area (TPSA) is 47.3 Å². The molecule has 3 nitrogen and oxygen atoms in total. The van der Waals surface area contributed by atoms with E-state index in [0.29, 0.717) is 0 Å². The molecule has 1 aromatic rings. The summed E-state index contributed by atoms with van der Waals surface area (Å²) >= 11 is 0. The molecule has 1 rings (SSSR count). The lowest BCUT2D eigenvalue weighted by Crippen LogP contribution is -2.29. The Kier molecular flexibility index (Phi) is 5.62. The van der Waals surface area contributed by atoms with E-state index in [9.17, 15) is 0 Å². The molecule has 1 unspecified atom stereocenters. The summed E-state index contributed by atoms with van der Waals surface area (Å²) in [7, 11) is 0. The molecule has 0 spiro atoms. The van der Waals surface area contributed by atoms with Crippen LogP contribution in [0, 0.1) is 20.8 Å². The van der Waals surface area contributed by atoms with E-state index in [2.05, 4.69) is 38.3 Å². The summed E-state index contributed by atoms with van der Waals surface area (Å²) < 4.78 is 5.39. The molecule has 0 fully saturated rings. The van der Waals surface area contributed by atoms with Gasteiger partial charge in [0, 0.05) is 19.3 Å². The van der Waals surface area contributed by atoms with Gasteiger partial charge in [0.25, 0.3) is 0 Å². The number of ether oxygens (including phenoxy) is 1. The fraction of sp³-hybridized carbons (Fsp3) is 0.571. The number of benzene rings is 1. The predicted octanol–water partition coefficient (Wildman–Crippen LogP) is 2.54. The van der Waals surface area contributed by atoms with E-state index in [1.54, 1.807) is 0 Å². The maximum Gasteiger partial charge on any atom is 0.0484 e. The normalized spacial score (nSPS) is 12.8. The van der Waals surface area contributed by atoms with Crippen molar-refractivity contribution in [1.82, 2.24) is 5.43 Å². The van der Waals surface area contributed by atoms with Gasteiger partial charge in [-0.1, -0.05) is 12.1 Å². The Hall–Kier alpha value is -0.900. The molecule has 0 amide bonds. The summed E-state index contributed by atoms with van der Waals surface area (Å²) in [4.78, 5) is 0. The molecule has 1 aromatic carbocycles. The molecule has 3 heteroatoms. The monoisotopic (exact) mass is 236 g/mol. The van der Waals surface area contributed by atoms with Gasteiger partial charge in [0.15, 0.2) is 0 Å². The fourth-order valence-corrected chi connectivity index (χ4v) is 2.03. The Morgan fingerprint density at radius 2 is 1.82 bits per heavy atom. The second-order valence-electron chi connectivity index (χ2n) is 4.50. The number of hydrazine groups is 1. The van der Waals surface area contributed by atoms with E-state index in [4.69, 9.17) is 10.6 Å². The van der Waals surface area contributed by atoms with Gasteiger partial charge in [0.2, 0.25) is 0 Å². The third-order valence-corrected chi connectivity index (χ3v) is 3.21. The van der Waals surface area contributed by atoms with Gasteiger partial charge >= 0.3 is 0 Å². The van der Waals surface area contributed by atoms with Crippen molar-refractivity contribution in [2.45, 2.75) is 40.2 Å². The number of hydrogen-bond donors (Lipinski definition) is 2. The molecule has 3 N–H and O–H groups in total. The summed E-state index contributed by atoms with van der Waals surface area (Å²) in [6, 6.07) is 4.61. The Labute approximate surface area is 104 Å². The summed E-state index contributed by atoms with van der Waals surface area (Å²) in [5.41, 5.74) is 8.08. The maximum absolute atomic E-state index is 5.64. The largest absolute Gasteiger partial charge is 0.382 e. The van der Waals surface area contributed by atoms with Crippen LogP contribution in [0.4, 0.5) is 0 Å². The first-order valence-electron chi connectivity index (χ1n) is 6.21. The van der Waals surface area contributed by atoms with Gasteiger partial charge < -0.3 is 4.74 Å². The van der Waals surface area contributed by atoms with Gasteiger partial charge in [0.1, 0.15) is 0 Å². The van der Waals surface area contributed by atoms with Crippen LogP contribution >= 0.6 is 0 Å². The first-order chi connectivity index (χ1) is 8.10. The zero-order valence-corrected chi connectivity index (χ0v) is 11.3. The Morgan fingerprint density at radius 3 is 2.41 bits per heavy atom.